The molecule has 6 heteroatoms. The number of carboxylic acid groups (broad SMARTS) is 1. The van der Waals surface area contributed by atoms with Crippen molar-refractivity contribution in [1.82, 2.24) is 4.90 Å². The first kappa shape index (κ1) is 14.5. The summed E-state index contributed by atoms with van der Waals surface area (Å²) in [6, 6.07) is 5.10. The number of hydrogen-bond donors (Lipinski definition) is 1. The standard InChI is InChI=1S/C14H18N2O4/c17-14(18)13(15-9-3-1-2-4-10-15)11-5-7-12(8-6-11)16(19)20/h5-8,13H,1-4,9-10H2,(H,17,18). The van der Waals surface area contributed by atoms with Gasteiger partial charge in [-0.1, -0.05) is 25.0 Å². The van der Waals surface area contributed by atoms with E-state index < -0.39 is 16.9 Å². The first-order valence-electron chi connectivity index (χ1n) is 6.81. The van der Waals surface area contributed by atoms with Crippen LogP contribution in [0.25, 0.3) is 0 Å². The summed E-state index contributed by atoms with van der Waals surface area (Å²) in [5.74, 6) is -0.902. The molecule has 1 aromatic rings. The van der Waals surface area contributed by atoms with Crippen LogP contribution in [-0.2, 0) is 4.79 Å². The molecule has 1 heterocycles. The van der Waals surface area contributed by atoms with Gasteiger partial charge in [-0.05, 0) is 31.5 Å². The van der Waals surface area contributed by atoms with Gasteiger partial charge in [-0.15, -0.1) is 0 Å². The topological polar surface area (TPSA) is 83.7 Å². The molecular weight excluding hydrogens is 260 g/mol. The van der Waals surface area contributed by atoms with E-state index in [1.54, 1.807) is 12.1 Å². The van der Waals surface area contributed by atoms with Crippen LogP contribution in [0.5, 0.6) is 0 Å². The molecule has 1 unspecified atom stereocenters. The highest BCUT2D eigenvalue weighted by atomic mass is 16.6. The van der Waals surface area contributed by atoms with Crippen LogP contribution in [0.15, 0.2) is 24.3 Å². The number of nitro groups is 1. The summed E-state index contributed by atoms with van der Waals surface area (Å²) >= 11 is 0. The van der Waals surface area contributed by atoms with Gasteiger partial charge in [0.05, 0.1) is 4.92 Å². The van der Waals surface area contributed by atoms with Gasteiger partial charge < -0.3 is 5.11 Å². The normalized spacial score (nSPS) is 18.2. The molecule has 2 rings (SSSR count). The van der Waals surface area contributed by atoms with Gasteiger partial charge in [-0.3, -0.25) is 19.8 Å². The third-order valence-electron chi connectivity index (χ3n) is 3.66. The summed E-state index contributed by atoms with van der Waals surface area (Å²) in [5.41, 5.74) is 0.582. The fourth-order valence-corrected chi connectivity index (χ4v) is 2.64. The zero-order valence-electron chi connectivity index (χ0n) is 11.2. The summed E-state index contributed by atoms with van der Waals surface area (Å²) in [6.45, 7) is 1.52. The molecular formula is C14H18N2O4. The second kappa shape index (κ2) is 6.47. The zero-order valence-corrected chi connectivity index (χ0v) is 11.2. The van der Waals surface area contributed by atoms with Crippen LogP contribution in [0.3, 0.4) is 0 Å². The van der Waals surface area contributed by atoms with Crippen molar-refractivity contribution in [3.8, 4) is 0 Å². The lowest BCUT2D eigenvalue weighted by molar-refractivity contribution is -0.384. The molecule has 0 aromatic heterocycles. The van der Waals surface area contributed by atoms with Crippen molar-refractivity contribution in [2.24, 2.45) is 0 Å². The maximum absolute atomic E-state index is 11.6. The van der Waals surface area contributed by atoms with E-state index in [4.69, 9.17) is 0 Å². The fraction of sp³-hybridized carbons (Fsp3) is 0.500. The maximum Gasteiger partial charge on any atom is 0.325 e. The first-order valence-corrected chi connectivity index (χ1v) is 6.81. The van der Waals surface area contributed by atoms with E-state index in [1.165, 1.54) is 12.1 Å². The van der Waals surface area contributed by atoms with Gasteiger partial charge in [-0.2, -0.15) is 0 Å². The number of likely N-dealkylation sites (tertiary alicyclic amines) is 1. The maximum atomic E-state index is 11.6. The molecule has 20 heavy (non-hydrogen) atoms. The van der Waals surface area contributed by atoms with E-state index in [9.17, 15) is 20.0 Å². The monoisotopic (exact) mass is 278 g/mol. The van der Waals surface area contributed by atoms with Crippen molar-refractivity contribution in [2.45, 2.75) is 31.7 Å². The van der Waals surface area contributed by atoms with Crippen LogP contribution in [0.4, 0.5) is 5.69 Å². The molecule has 1 aliphatic heterocycles. The molecule has 1 N–H and O–H groups in total. The summed E-state index contributed by atoms with van der Waals surface area (Å²) in [7, 11) is 0. The second-order valence-corrected chi connectivity index (χ2v) is 5.04. The van der Waals surface area contributed by atoms with Gasteiger partial charge in [0.1, 0.15) is 6.04 Å². The molecule has 0 saturated carbocycles. The van der Waals surface area contributed by atoms with Gasteiger partial charge >= 0.3 is 5.97 Å². The van der Waals surface area contributed by atoms with Crippen molar-refractivity contribution < 1.29 is 14.8 Å². The Morgan fingerprint density at radius 2 is 1.70 bits per heavy atom. The number of carbonyl (C=O) groups is 1. The Kier molecular flexibility index (Phi) is 4.68. The minimum Gasteiger partial charge on any atom is -0.480 e. The SMILES string of the molecule is O=C(O)C(c1ccc([N+](=O)[O-])cc1)N1CCCCCC1. The van der Waals surface area contributed by atoms with E-state index in [2.05, 4.69) is 0 Å². The molecule has 0 amide bonds. The molecule has 1 aliphatic rings. The second-order valence-electron chi connectivity index (χ2n) is 5.04. The van der Waals surface area contributed by atoms with Crippen molar-refractivity contribution in [3.63, 3.8) is 0 Å². The Labute approximate surface area is 117 Å². The lowest BCUT2D eigenvalue weighted by Crippen LogP contribution is -2.34. The van der Waals surface area contributed by atoms with E-state index in [-0.39, 0.29) is 5.69 Å². The number of hydrogen-bond acceptors (Lipinski definition) is 4. The number of rotatable bonds is 4. The summed E-state index contributed by atoms with van der Waals surface area (Å²) in [5, 5.41) is 20.1. The third kappa shape index (κ3) is 3.33. The molecule has 1 atom stereocenters. The van der Waals surface area contributed by atoms with E-state index >= 15 is 0 Å². The van der Waals surface area contributed by atoms with E-state index in [1.807, 2.05) is 4.90 Å². The largest absolute Gasteiger partial charge is 0.480 e. The van der Waals surface area contributed by atoms with Crippen LogP contribution in [0.1, 0.15) is 37.3 Å². The Bertz CT molecular complexity index is 478. The molecule has 1 fully saturated rings. The first-order chi connectivity index (χ1) is 9.59. The Balaban J connectivity index is 2.23. The Hall–Kier alpha value is -1.95. The average Bonchev–Trinajstić information content (AvgIpc) is 2.68. The highest BCUT2D eigenvalue weighted by molar-refractivity contribution is 5.75. The van der Waals surface area contributed by atoms with Gasteiger partial charge in [0.15, 0.2) is 0 Å². The number of nitro benzene ring substituents is 1. The molecule has 1 saturated heterocycles. The number of aliphatic carboxylic acids is 1. The van der Waals surface area contributed by atoms with Gasteiger partial charge in [-0.25, -0.2) is 0 Å². The minimum absolute atomic E-state index is 0.0197. The third-order valence-corrected chi connectivity index (χ3v) is 3.66. The summed E-state index contributed by atoms with van der Waals surface area (Å²) < 4.78 is 0. The van der Waals surface area contributed by atoms with Crippen LogP contribution in [0.2, 0.25) is 0 Å². The van der Waals surface area contributed by atoms with Crippen LogP contribution in [-0.4, -0.2) is 34.0 Å². The van der Waals surface area contributed by atoms with Crippen LogP contribution in [0, 0.1) is 10.1 Å². The van der Waals surface area contributed by atoms with Crippen molar-refractivity contribution >= 4 is 11.7 Å². The van der Waals surface area contributed by atoms with Crippen molar-refractivity contribution in [3.05, 3.63) is 39.9 Å². The molecule has 0 bridgehead atoms. The summed E-state index contributed by atoms with van der Waals surface area (Å²) in [4.78, 5) is 23.7. The van der Waals surface area contributed by atoms with Crippen LogP contribution >= 0.6 is 0 Å². The number of non-ortho nitro benzene ring substituents is 1. The van der Waals surface area contributed by atoms with Crippen molar-refractivity contribution in [2.75, 3.05) is 13.1 Å². The quantitative estimate of drug-likeness (QED) is 0.676. The summed E-state index contributed by atoms with van der Waals surface area (Å²) in [6.07, 6.45) is 4.25. The molecule has 108 valence electrons. The predicted molar refractivity (Wildman–Crippen MR) is 73.5 cm³/mol. The molecule has 0 spiro atoms. The Morgan fingerprint density at radius 1 is 1.15 bits per heavy atom. The average molecular weight is 278 g/mol. The highest BCUT2D eigenvalue weighted by Gasteiger charge is 2.28. The van der Waals surface area contributed by atoms with Gasteiger partial charge in [0, 0.05) is 12.1 Å². The lowest BCUT2D eigenvalue weighted by atomic mass is 10.0. The fourth-order valence-electron chi connectivity index (χ4n) is 2.64. The van der Waals surface area contributed by atoms with Gasteiger partial charge in [0.25, 0.3) is 5.69 Å². The van der Waals surface area contributed by atoms with Crippen LogP contribution < -0.4 is 0 Å². The smallest absolute Gasteiger partial charge is 0.325 e. The number of carboxylic acids is 1. The van der Waals surface area contributed by atoms with Gasteiger partial charge in [0.2, 0.25) is 0 Å². The highest BCUT2D eigenvalue weighted by Crippen LogP contribution is 2.26. The minimum atomic E-state index is -0.902. The predicted octanol–water partition coefficient (Wildman–Crippen LogP) is 2.60. The van der Waals surface area contributed by atoms with E-state index in [0.29, 0.717) is 5.56 Å². The molecule has 0 radical (unpaired) electrons. The molecule has 0 aliphatic carbocycles. The Morgan fingerprint density at radius 3 is 2.15 bits per heavy atom. The van der Waals surface area contributed by atoms with E-state index in [0.717, 1.165) is 38.8 Å². The lowest BCUT2D eigenvalue weighted by Gasteiger charge is -2.27. The molecule has 1 aromatic carbocycles. The zero-order chi connectivity index (χ0) is 14.5. The number of nitrogens with zero attached hydrogens (tertiary/aromatic N) is 2. The number of benzene rings is 1. The van der Waals surface area contributed by atoms with Crippen molar-refractivity contribution in [1.29, 1.82) is 0 Å². The molecule has 6 nitrogen and oxygen atoms in total.